The number of nitrogen functional groups attached to an aromatic ring is 1. The van der Waals surface area contributed by atoms with Crippen molar-refractivity contribution in [3.05, 3.63) is 23.1 Å². The Labute approximate surface area is 79.0 Å². The number of rotatable bonds is 1. The number of nitrogens with two attached hydrogens (primary N) is 1. The van der Waals surface area contributed by atoms with Gasteiger partial charge in [-0.3, -0.25) is 0 Å². The molecule has 0 saturated heterocycles. The van der Waals surface area contributed by atoms with E-state index in [4.69, 9.17) is 10.8 Å². The highest BCUT2D eigenvalue weighted by atomic mass is 32.1. The molecular formula is C9H9NO2S. The SMILES string of the molecule is Nc1cc2cc(CO)sc2cc1O. The van der Waals surface area contributed by atoms with Gasteiger partial charge in [-0.2, -0.15) is 0 Å². The number of anilines is 1. The fourth-order valence-electron chi connectivity index (χ4n) is 1.23. The predicted molar refractivity (Wildman–Crippen MR) is 53.8 cm³/mol. The first kappa shape index (κ1) is 8.34. The van der Waals surface area contributed by atoms with E-state index in [0.29, 0.717) is 5.69 Å². The number of aliphatic hydroxyl groups excluding tert-OH is 1. The molecular weight excluding hydrogens is 186 g/mol. The van der Waals surface area contributed by atoms with Gasteiger partial charge in [-0.15, -0.1) is 11.3 Å². The molecule has 0 saturated carbocycles. The summed E-state index contributed by atoms with van der Waals surface area (Å²) in [7, 11) is 0. The maximum Gasteiger partial charge on any atom is 0.139 e. The number of phenolic OH excluding ortho intramolecular Hbond substituents is 1. The standard InChI is InChI=1S/C9H9NO2S/c10-7-2-5-1-6(4-11)13-9(5)3-8(7)12/h1-3,11-12H,4,10H2. The van der Waals surface area contributed by atoms with Gasteiger partial charge < -0.3 is 15.9 Å². The molecule has 4 N–H and O–H groups in total. The van der Waals surface area contributed by atoms with Gasteiger partial charge in [0.1, 0.15) is 5.75 Å². The van der Waals surface area contributed by atoms with Crippen molar-refractivity contribution in [2.45, 2.75) is 6.61 Å². The summed E-state index contributed by atoms with van der Waals surface area (Å²) in [6.45, 7) is 0.0278. The van der Waals surface area contributed by atoms with Crippen molar-refractivity contribution in [1.82, 2.24) is 0 Å². The van der Waals surface area contributed by atoms with Gasteiger partial charge in [0.25, 0.3) is 0 Å². The Morgan fingerprint density at radius 3 is 2.77 bits per heavy atom. The lowest BCUT2D eigenvalue weighted by molar-refractivity contribution is 0.285. The van der Waals surface area contributed by atoms with Gasteiger partial charge in [0.05, 0.1) is 12.3 Å². The molecule has 68 valence electrons. The number of fused-ring (bicyclic) bond motifs is 1. The monoisotopic (exact) mass is 195 g/mol. The van der Waals surface area contributed by atoms with Crippen LogP contribution in [0, 0.1) is 0 Å². The lowest BCUT2D eigenvalue weighted by Gasteiger charge is -1.96. The molecule has 0 amide bonds. The Hall–Kier alpha value is -1.26. The number of aromatic hydroxyl groups is 1. The van der Waals surface area contributed by atoms with E-state index >= 15 is 0 Å². The van der Waals surface area contributed by atoms with Crippen LogP contribution in [0.25, 0.3) is 10.1 Å². The number of hydrogen-bond acceptors (Lipinski definition) is 4. The van der Waals surface area contributed by atoms with Crippen molar-refractivity contribution in [2.24, 2.45) is 0 Å². The molecule has 0 aliphatic carbocycles. The Morgan fingerprint density at radius 2 is 2.08 bits per heavy atom. The zero-order valence-electron chi connectivity index (χ0n) is 6.82. The topological polar surface area (TPSA) is 66.5 Å². The van der Waals surface area contributed by atoms with Crippen molar-refractivity contribution >= 4 is 27.1 Å². The van der Waals surface area contributed by atoms with Crippen LogP contribution in [0.1, 0.15) is 4.88 Å². The summed E-state index contributed by atoms with van der Waals surface area (Å²) in [6, 6.07) is 5.20. The van der Waals surface area contributed by atoms with Crippen molar-refractivity contribution in [1.29, 1.82) is 0 Å². The maximum atomic E-state index is 9.32. The van der Waals surface area contributed by atoms with E-state index in [1.807, 2.05) is 6.07 Å². The smallest absolute Gasteiger partial charge is 0.139 e. The van der Waals surface area contributed by atoms with Crippen LogP contribution in [-0.2, 0) is 6.61 Å². The third kappa shape index (κ3) is 1.34. The summed E-state index contributed by atoms with van der Waals surface area (Å²) in [5.74, 6) is 0.0961. The molecule has 1 aromatic heterocycles. The summed E-state index contributed by atoms with van der Waals surface area (Å²) in [5.41, 5.74) is 5.90. The predicted octanol–water partition coefficient (Wildman–Crippen LogP) is 1.68. The zero-order chi connectivity index (χ0) is 9.42. The van der Waals surface area contributed by atoms with Gasteiger partial charge in [0, 0.05) is 9.58 Å². The highest BCUT2D eigenvalue weighted by Gasteiger charge is 2.04. The van der Waals surface area contributed by atoms with Gasteiger partial charge in [-0.25, -0.2) is 0 Å². The number of phenols is 1. The fourth-order valence-corrected chi connectivity index (χ4v) is 2.17. The summed E-state index contributed by atoms with van der Waals surface area (Å²) in [4.78, 5) is 0.875. The highest BCUT2D eigenvalue weighted by molar-refractivity contribution is 7.19. The molecule has 0 unspecified atom stereocenters. The Balaban J connectivity index is 2.70. The third-order valence-corrected chi connectivity index (χ3v) is 2.96. The van der Waals surface area contributed by atoms with E-state index in [1.165, 1.54) is 11.3 Å². The number of benzene rings is 1. The summed E-state index contributed by atoms with van der Waals surface area (Å²) in [5, 5.41) is 19.2. The quantitative estimate of drug-likeness (QED) is 0.479. The molecule has 0 atom stereocenters. The Bertz CT molecular complexity index is 411. The van der Waals surface area contributed by atoms with Crippen LogP contribution in [0.3, 0.4) is 0 Å². The molecule has 0 bridgehead atoms. The number of hydrogen-bond donors (Lipinski definition) is 3. The van der Waals surface area contributed by atoms with Crippen molar-refractivity contribution in [3.8, 4) is 5.75 Å². The molecule has 1 heterocycles. The Kier molecular flexibility index (Phi) is 1.86. The molecule has 0 fully saturated rings. The van der Waals surface area contributed by atoms with Crippen molar-refractivity contribution in [2.75, 3.05) is 5.73 Å². The van der Waals surface area contributed by atoms with Gasteiger partial charge in [-0.1, -0.05) is 0 Å². The molecule has 0 radical (unpaired) electrons. The van der Waals surface area contributed by atoms with E-state index in [0.717, 1.165) is 15.0 Å². The van der Waals surface area contributed by atoms with Crippen LogP contribution in [0.5, 0.6) is 5.75 Å². The third-order valence-electron chi connectivity index (χ3n) is 1.87. The van der Waals surface area contributed by atoms with Crippen molar-refractivity contribution in [3.63, 3.8) is 0 Å². The minimum absolute atomic E-state index is 0.0278. The molecule has 13 heavy (non-hydrogen) atoms. The molecule has 4 heteroatoms. The fraction of sp³-hybridized carbons (Fsp3) is 0.111. The zero-order valence-corrected chi connectivity index (χ0v) is 7.64. The van der Waals surface area contributed by atoms with Crippen LogP contribution in [0.4, 0.5) is 5.69 Å². The molecule has 2 aromatic rings. The van der Waals surface area contributed by atoms with Gasteiger partial charge in [0.15, 0.2) is 0 Å². The molecule has 1 aromatic carbocycles. The minimum Gasteiger partial charge on any atom is -0.506 e. The lowest BCUT2D eigenvalue weighted by Crippen LogP contribution is -1.83. The van der Waals surface area contributed by atoms with Crippen LogP contribution >= 0.6 is 11.3 Å². The summed E-state index contributed by atoms with van der Waals surface area (Å²) < 4.78 is 0.941. The second-order valence-corrected chi connectivity index (χ2v) is 3.99. The largest absolute Gasteiger partial charge is 0.506 e. The molecule has 3 nitrogen and oxygen atoms in total. The highest BCUT2D eigenvalue weighted by Crippen LogP contribution is 2.32. The van der Waals surface area contributed by atoms with Crippen molar-refractivity contribution < 1.29 is 10.2 Å². The van der Waals surface area contributed by atoms with E-state index in [2.05, 4.69) is 0 Å². The average Bonchev–Trinajstić information content (AvgIpc) is 2.48. The Morgan fingerprint density at radius 1 is 1.31 bits per heavy atom. The van der Waals surface area contributed by atoms with Gasteiger partial charge in [0.2, 0.25) is 0 Å². The lowest BCUT2D eigenvalue weighted by atomic mass is 10.2. The number of thiophene rings is 1. The molecule has 0 spiro atoms. The van der Waals surface area contributed by atoms with Crippen LogP contribution in [0.2, 0.25) is 0 Å². The molecule has 0 aliphatic heterocycles. The molecule has 2 rings (SSSR count). The van der Waals surface area contributed by atoms with E-state index in [-0.39, 0.29) is 12.4 Å². The van der Waals surface area contributed by atoms with Crippen LogP contribution < -0.4 is 5.73 Å². The number of aliphatic hydroxyl groups is 1. The summed E-state index contributed by atoms with van der Waals surface area (Å²) in [6.07, 6.45) is 0. The summed E-state index contributed by atoms with van der Waals surface area (Å²) >= 11 is 1.45. The van der Waals surface area contributed by atoms with E-state index in [9.17, 15) is 5.11 Å². The first-order chi connectivity index (χ1) is 6.20. The van der Waals surface area contributed by atoms with E-state index < -0.39 is 0 Å². The first-order valence-corrected chi connectivity index (χ1v) is 4.64. The second kappa shape index (κ2) is 2.90. The van der Waals surface area contributed by atoms with Crippen LogP contribution in [-0.4, -0.2) is 10.2 Å². The second-order valence-electron chi connectivity index (χ2n) is 2.82. The molecule has 0 aliphatic rings. The average molecular weight is 195 g/mol. The van der Waals surface area contributed by atoms with Gasteiger partial charge in [-0.05, 0) is 23.6 Å². The normalized spacial score (nSPS) is 10.8. The minimum atomic E-state index is 0.0278. The van der Waals surface area contributed by atoms with Gasteiger partial charge >= 0.3 is 0 Å². The maximum absolute atomic E-state index is 9.32. The first-order valence-electron chi connectivity index (χ1n) is 3.82. The van der Waals surface area contributed by atoms with Crippen LogP contribution in [0.15, 0.2) is 18.2 Å². The van der Waals surface area contributed by atoms with E-state index in [1.54, 1.807) is 12.1 Å².